The molecule has 0 amide bonds. The summed E-state index contributed by atoms with van der Waals surface area (Å²) < 4.78 is 94.2. The number of aromatic nitrogens is 5. The minimum absolute atomic E-state index is 0.0240. The van der Waals surface area contributed by atoms with Crippen LogP contribution in [0.5, 0.6) is 5.88 Å². The quantitative estimate of drug-likeness (QED) is 0.478. The van der Waals surface area contributed by atoms with Crippen LogP contribution < -0.4 is 10.1 Å². The van der Waals surface area contributed by atoms with Crippen molar-refractivity contribution in [1.29, 1.82) is 0 Å². The molecule has 0 atom stereocenters. The van der Waals surface area contributed by atoms with Gasteiger partial charge in [0.25, 0.3) is 0 Å². The first-order valence-electron chi connectivity index (χ1n) is 9.71. The maximum absolute atomic E-state index is 13.1. The summed E-state index contributed by atoms with van der Waals surface area (Å²) >= 11 is 0. The second-order valence-corrected chi connectivity index (χ2v) is 9.51. The normalized spacial score (nSPS) is 15.1. The Bertz CT molecular complexity index is 1270. The zero-order valence-electron chi connectivity index (χ0n) is 17.0. The Kier molecular flexibility index (Phi) is 5.62. The van der Waals surface area contributed by atoms with Crippen LogP contribution in [0.2, 0.25) is 0 Å². The molecule has 3 aromatic heterocycles. The van der Waals surface area contributed by atoms with E-state index in [2.05, 4.69) is 30.3 Å². The van der Waals surface area contributed by atoms with Crippen molar-refractivity contribution in [1.82, 2.24) is 24.8 Å². The van der Waals surface area contributed by atoms with Gasteiger partial charge in [0.15, 0.2) is 27.1 Å². The molecule has 1 N–H and O–H groups in total. The number of nitrogens with one attached hydrogen (secondary N) is 1. The van der Waals surface area contributed by atoms with E-state index in [1.807, 2.05) is 0 Å². The molecule has 0 aliphatic heterocycles. The molecule has 3 heterocycles. The van der Waals surface area contributed by atoms with Crippen molar-refractivity contribution in [2.45, 2.75) is 42.9 Å². The lowest BCUT2D eigenvalue weighted by molar-refractivity contribution is -0.290. The zero-order valence-corrected chi connectivity index (χ0v) is 17.8. The van der Waals surface area contributed by atoms with Crippen LogP contribution in [0.3, 0.4) is 0 Å². The first kappa shape index (κ1) is 23.1. The Morgan fingerprint density at radius 3 is 2.45 bits per heavy atom. The van der Waals surface area contributed by atoms with Gasteiger partial charge >= 0.3 is 12.1 Å². The predicted octanol–water partition coefficient (Wildman–Crippen LogP) is 3.13. The average molecular weight is 492 g/mol. The topological polar surface area (TPSA) is 111 Å². The van der Waals surface area contributed by atoms with Crippen LogP contribution in [0, 0.1) is 0 Å². The van der Waals surface area contributed by atoms with Gasteiger partial charge in [0.2, 0.25) is 5.88 Å². The summed E-state index contributed by atoms with van der Waals surface area (Å²) in [5.74, 6) is -5.42. The van der Waals surface area contributed by atoms with Crippen LogP contribution in [0.1, 0.15) is 19.8 Å². The summed E-state index contributed by atoms with van der Waals surface area (Å²) in [6, 6.07) is 4.06. The smallest absolute Gasteiger partial charge is 0.456 e. The highest BCUT2D eigenvalue weighted by Crippen LogP contribution is 2.36. The van der Waals surface area contributed by atoms with E-state index in [4.69, 9.17) is 0 Å². The lowest BCUT2D eigenvalue weighted by Crippen LogP contribution is -2.41. The van der Waals surface area contributed by atoms with Crippen molar-refractivity contribution in [3.63, 3.8) is 0 Å². The minimum atomic E-state index is -5.78. The van der Waals surface area contributed by atoms with Gasteiger partial charge < -0.3 is 10.1 Å². The Balaban J connectivity index is 1.72. The van der Waals surface area contributed by atoms with Gasteiger partial charge in [0.05, 0.1) is 11.3 Å². The highest BCUT2D eigenvalue weighted by Gasteiger charge is 2.58. The summed E-state index contributed by atoms with van der Waals surface area (Å²) in [6.45, 7) is -0.544. The Hall–Kier alpha value is -3.10. The van der Waals surface area contributed by atoms with E-state index >= 15 is 0 Å². The monoisotopic (exact) mass is 492 g/mol. The van der Waals surface area contributed by atoms with Crippen molar-refractivity contribution in [3.8, 4) is 17.1 Å². The first-order valence-corrected chi connectivity index (χ1v) is 11.4. The summed E-state index contributed by atoms with van der Waals surface area (Å²) in [5, 5.41) is 14.4. The van der Waals surface area contributed by atoms with Crippen molar-refractivity contribution in [2.75, 3.05) is 17.7 Å². The second-order valence-electron chi connectivity index (χ2n) is 7.32. The van der Waals surface area contributed by atoms with Crippen LogP contribution in [-0.2, 0) is 9.84 Å². The molecule has 1 fully saturated rings. The van der Waals surface area contributed by atoms with Crippen molar-refractivity contribution in [2.24, 2.45) is 0 Å². The lowest BCUT2D eigenvalue weighted by atomic mass is 10.2. The number of hydrogen-bond donors (Lipinski definition) is 1. The van der Waals surface area contributed by atoms with Crippen LogP contribution in [-0.4, -0.2) is 63.7 Å². The van der Waals surface area contributed by atoms with E-state index in [0.29, 0.717) is 5.82 Å². The first-order chi connectivity index (χ1) is 15.4. The van der Waals surface area contributed by atoms with E-state index in [1.54, 1.807) is 6.07 Å². The molecule has 1 aliphatic rings. The van der Waals surface area contributed by atoms with E-state index in [-0.39, 0.29) is 33.7 Å². The highest BCUT2D eigenvalue weighted by atomic mass is 32.2. The standard InChI is InChI=1S/C18H17F5N6O3S/c1-2-33(30,31)16-14(15-24-8-7-12(29(15)28-16)25-10-3-4-10)11-5-6-13(27-26-11)32-9-17(19,20)18(21,22)23/h5-8,10,25H,2-4,9H2,1H3. The Labute approximate surface area is 183 Å². The Morgan fingerprint density at radius 1 is 1.15 bits per heavy atom. The fourth-order valence-electron chi connectivity index (χ4n) is 2.83. The molecular weight excluding hydrogens is 475 g/mol. The molecule has 1 aliphatic carbocycles. The molecule has 1 saturated carbocycles. The van der Waals surface area contributed by atoms with Crippen LogP contribution in [0.25, 0.3) is 16.9 Å². The SMILES string of the molecule is CCS(=O)(=O)c1nn2c(NC3CC3)ccnc2c1-c1ccc(OCC(F)(F)C(F)(F)F)nn1. The number of ether oxygens (including phenoxy) is 1. The predicted molar refractivity (Wildman–Crippen MR) is 105 cm³/mol. The third-order valence-electron chi connectivity index (χ3n) is 4.80. The van der Waals surface area contributed by atoms with E-state index in [9.17, 15) is 30.4 Å². The molecular formula is C18H17F5N6O3S. The molecule has 0 radical (unpaired) electrons. The molecule has 0 saturated heterocycles. The van der Waals surface area contributed by atoms with Gasteiger partial charge in [-0.1, -0.05) is 6.92 Å². The number of fused-ring (bicyclic) bond motifs is 1. The maximum atomic E-state index is 13.1. The maximum Gasteiger partial charge on any atom is 0.456 e. The Morgan fingerprint density at radius 2 is 1.88 bits per heavy atom. The van der Waals surface area contributed by atoms with Crippen molar-refractivity contribution < 1.29 is 35.1 Å². The third-order valence-corrected chi connectivity index (χ3v) is 6.44. The minimum Gasteiger partial charge on any atom is -0.470 e. The van der Waals surface area contributed by atoms with Crippen molar-refractivity contribution in [3.05, 3.63) is 24.4 Å². The molecule has 9 nitrogen and oxygen atoms in total. The van der Waals surface area contributed by atoms with Crippen LogP contribution in [0.15, 0.2) is 29.4 Å². The zero-order chi connectivity index (χ0) is 24.0. The number of nitrogens with zero attached hydrogens (tertiary/aromatic N) is 5. The average Bonchev–Trinajstić information content (AvgIpc) is 3.48. The van der Waals surface area contributed by atoms with Gasteiger partial charge in [-0.25, -0.2) is 13.4 Å². The molecule has 0 bridgehead atoms. The largest absolute Gasteiger partial charge is 0.470 e. The fraction of sp³-hybridized carbons (Fsp3) is 0.444. The van der Waals surface area contributed by atoms with Crippen molar-refractivity contribution >= 4 is 21.3 Å². The third kappa shape index (κ3) is 4.54. The number of hydrogen-bond acceptors (Lipinski definition) is 8. The van der Waals surface area contributed by atoms with E-state index < -0.39 is 34.4 Å². The van der Waals surface area contributed by atoms with Gasteiger partial charge in [0, 0.05) is 18.3 Å². The summed E-state index contributed by atoms with van der Waals surface area (Å²) in [7, 11) is -3.85. The van der Waals surface area contributed by atoms with Crippen LogP contribution in [0.4, 0.5) is 27.8 Å². The summed E-state index contributed by atoms with van der Waals surface area (Å²) in [4.78, 5) is 4.21. The number of anilines is 1. The van der Waals surface area contributed by atoms with Gasteiger partial charge in [0.1, 0.15) is 11.5 Å². The molecule has 3 aromatic rings. The van der Waals surface area contributed by atoms with Gasteiger partial charge in [-0.3, -0.25) is 0 Å². The fourth-order valence-corrected chi connectivity index (χ4v) is 3.81. The number of alkyl halides is 5. The molecule has 0 aromatic carbocycles. The van der Waals surface area contributed by atoms with Gasteiger partial charge in [-0.15, -0.1) is 10.2 Å². The number of rotatable bonds is 8. The molecule has 0 unspecified atom stereocenters. The molecule has 15 heteroatoms. The highest BCUT2D eigenvalue weighted by molar-refractivity contribution is 7.91. The van der Waals surface area contributed by atoms with E-state index in [0.717, 1.165) is 18.9 Å². The second kappa shape index (κ2) is 8.04. The molecule has 4 rings (SSSR count). The summed E-state index contributed by atoms with van der Waals surface area (Å²) in [6.07, 6.45) is -2.41. The van der Waals surface area contributed by atoms with E-state index in [1.165, 1.54) is 23.7 Å². The van der Waals surface area contributed by atoms with Crippen LogP contribution >= 0.6 is 0 Å². The van der Waals surface area contributed by atoms with Gasteiger partial charge in [-0.2, -0.15) is 31.6 Å². The molecule has 33 heavy (non-hydrogen) atoms. The molecule has 0 spiro atoms. The van der Waals surface area contributed by atoms with Gasteiger partial charge in [-0.05, 0) is 25.0 Å². The number of halogens is 5. The molecule has 178 valence electrons. The lowest BCUT2D eigenvalue weighted by Gasteiger charge is -2.19. The number of sulfone groups is 1. The summed E-state index contributed by atoms with van der Waals surface area (Å²) in [5.41, 5.74) is 0.151.